The van der Waals surface area contributed by atoms with Gasteiger partial charge in [-0.05, 0) is 51.0 Å². The van der Waals surface area contributed by atoms with Crippen LogP contribution in [0.5, 0.6) is 0 Å². The lowest BCUT2D eigenvalue weighted by Crippen LogP contribution is -2.32. The molecule has 0 saturated carbocycles. The molecule has 1 aliphatic heterocycles. The van der Waals surface area contributed by atoms with Crippen molar-refractivity contribution in [1.82, 2.24) is 10.2 Å². The number of carbonyl (C=O) groups excluding carboxylic acids is 2. The number of nitrogens with zero attached hydrogens (tertiary/aromatic N) is 1. The van der Waals surface area contributed by atoms with Crippen molar-refractivity contribution in [1.29, 1.82) is 0 Å². The van der Waals surface area contributed by atoms with Gasteiger partial charge in [0.2, 0.25) is 5.91 Å². The van der Waals surface area contributed by atoms with Gasteiger partial charge in [-0.3, -0.25) is 9.59 Å². The van der Waals surface area contributed by atoms with Gasteiger partial charge < -0.3 is 15.3 Å². The van der Waals surface area contributed by atoms with E-state index in [0.717, 1.165) is 31.5 Å². The summed E-state index contributed by atoms with van der Waals surface area (Å²) in [5.74, 6) is 5.48. The number of carbonyl (C=O) groups is 2. The van der Waals surface area contributed by atoms with Gasteiger partial charge in [-0.15, -0.1) is 0 Å². The van der Waals surface area contributed by atoms with Crippen LogP contribution >= 0.6 is 0 Å². The molecule has 0 aromatic heterocycles. The van der Waals surface area contributed by atoms with Gasteiger partial charge >= 0.3 is 0 Å². The Labute approximate surface area is 143 Å². The lowest BCUT2D eigenvalue weighted by molar-refractivity contribution is -0.129. The zero-order chi connectivity index (χ0) is 17.6. The molecule has 2 rings (SSSR count). The van der Waals surface area contributed by atoms with Crippen LogP contribution in [0.15, 0.2) is 24.3 Å². The highest BCUT2D eigenvalue weighted by Crippen LogP contribution is 2.09. The minimum absolute atomic E-state index is 0.102. The third-order valence-corrected chi connectivity index (χ3v) is 3.74. The third-order valence-electron chi connectivity index (χ3n) is 3.74. The smallest absolute Gasteiger partial charge is 0.251 e. The summed E-state index contributed by atoms with van der Waals surface area (Å²) in [6.07, 6.45) is 2.47. The third kappa shape index (κ3) is 5.71. The minimum Gasteiger partial charge on any atom is -0.378 e. The molecule has 1 aromatic carbocycles. The molecule has 1 fully saturated rings. The molecule has 0 aliphatic carbocycles. The molecule has 0 radical (unpaired) electrons. The summed E-state index contributed by atoms with van der Waals surface area (Å²) in [6.45, 7) is 5.24. The summed E-state index contributed by atoms with van der Waals surface area (Å²) >= 11 is 0. The second-order valence-corrected chi connectivity index (χ2v) is 6.48. The highest BCUT2D eigenvalue weighted by atomic mass is 16.3. The Bertz CT molecular complexity index is 642. The van der Waals surface area contributed by atoms with Gasteiger partial charge in [0, 0.05) is 37.2 Å². The van der Waals surface area contributed by atoms with Crippen LogP contribution in [0.25, 0.3) is 0 Å². The van der Waals surface area contributed by atoms with E-state index in [2.05, 4.69) is 17.2 Å². The van der Waals surface area contributed by atoms with Crippen LogP contribution in [0, 0.1) is 11.8 Å². The number of likely N-dealkylation sites (tertiary alicyclic amines) is 1. The predicted octanol–water partition coefficient (Wildman–Crippen LogP) is 1.55. The monoisotopic (exact) mass is 328 g/mol. The lowest BCUT2D eigenvalue weighted by atomic mass is 10.1. The molecular formula is C19H24N2O3. The van der Waals surface area contributed by atoms with E-state index in [-0.39, 0.29) is 11.8 Å². The maximum absolute atomic E-state index is 12.1. The fourth-order valence-corrected chi connectivity index (χ4v) is 2.44. The molecule has 0 atom stereocenters. The van der Waals surface area contributed by atoms with Gasteiger partial charge in [-0.25, -0.2) is 0 Å². The average Bonchev–Trinajstić information content (AvgIpc) is 3.07. The van der Waals surface area contributed by atoms with Crippen molar-refractivity contribution in [2.45, 2.75) is 38.7 Å². The quantitative estimate of drug-likeness (QED) is 0.824. The minimum atomic E-state index is -1.04. The van der Waals surface area contributed by atoms with Crippen molar-refractivity contribution in [2.24, 2.45) is 0 Å². The van der Waals surface area contributed by atoms with E-state index in [0.29, 0.717) is 18.5 Å². The van der Waals surface area contributed by atoms with E-state index in [1.165, 1.54) is 0 Å². The first-order valence-electron chi connectivity index (χ1n) is 8.27. The molecule has 1 heterocycles. The molecule has 2 N–H and O–H groups in total. The summed E-state index contributed by atoms with van der Waals surface area (Å²) in [4.78, 5) is 25.8. The van der Waals surface area contributed by atoms with Gasteiger partial charge in [-0.2, -0.15) is 0 Å². The normalized spacial score (nSPS) is 14.0. The summed E-state index contributed by atoms with van der Waals surface area (Å²) < 4.78 is 0. The zero-order valence-electron chi connectivity index (χ0n) is 14.3. The average molecular weight is 328 g/mol. The molecule has 0 unspecified atom stereocenters. The Morgan fingerprint density at radius 2 is 1.83 bits per heavy atom. The van der Waals surface area contributed by atoms with E-state index in [1.54, 1.807) is 38.1 Å². The molecule has 0 bridgehead atoms. The Kier molecular flexibility index (Phi) is 5.99. The van der Waals surface area contributed by atoms with E-state index in [1.807, 2.05) is 4.90 Å². The number of aliphatic hydroxyl groups is 1. The summed E-state index contributed by atoms with van der Waals surface area (Å²) in [6, 6.07) is 6.85. The predicted molar refractivity (Wildman–Crippen MR) is 92.4 cm³/mol. The topological polar surface area (TPSA) is 69.6 Å². The lowest BCUT2D eigenvalue weighted by Gasteiger charge is -2.15. The maximum Gasteiger partial charge on any atom is 0.251 e. The first kappa shape index (κ1) is 18.0. The van der Waals surface area contributed by atoms with E-state index >= 15 is 0 Å². The fraction of sp³-hybridized carbons (Fsp3) is 0.474. The number of hydrogen-bond donors (Lipinski definition) is 2. The van der Waals surface area contributed by atoms with Gasteiger partial charge in [0.15, 0.2) is 0 Å². The highest BCUT2D eigenvalue weighted by molar-refractivity contribution is 5.94. The first-order chi connectivity index (χ1) is 11.3. The Balaban J connectivity index is 1.81. The van der Waals surface area contributed by atoms with Crippen LogP contribution < -0.4 is 5.32 Å². The van der Waals surface area contributed by atoms with Crippen molar-refractivity contribution in [3.63, 3.8) is 0 Å². The summed E-state index contributed by atoms with van der Waals surface area (Å²) in [5, 5.41) is 12.3. The molecule has 1 aromatic rings. The molecule has 5 nitrogen and oxygen atoms in total. The molecule has 1 saturated heterocycles. The fourth-order valence-electron chi connectivity index (χ4n) is 2.44. The summed E-state index contributed by atoms with van der Waals surface area (Å²) in [7, 11) is 0. The zero-order valence-corrected chi connectivity index (χ0v) is 14.3. The van der Waals surface area contributed by atoms with Gasteiger partial charge in [0.05, 0.1) is 0 Å². The maximum atomic E-state index is 12.1. The van der Waals surface area contributed by atoms with Crippen molar-refractivity contribution < 1.29 is 14.7 Å². The van der Waals surface area contributed by atoms with Crippen LogP contribution in [0.4, 0.5) is 0 Å². The molecule has 0 spiro atoms. The molecule has 2 amide bonds. The highest BCUT2D eigenvalue weighted by Gasteiger charge is 2.17. The Morgan fingerprint density at radius 3 is 2.42 bits per heavy atom. The molecule has 24 heavy (non-hydrogen) atoms. The number of benzene rings is 1. The van der Waals surface area contributed by atoms with Crippen LogP contribution in [-0.4, -0.2) is 47.1 Å². The van der Waals surface area contributed by atoms with Gasteiger partial charge in [0.1, 0.15) is 5.60 Å². The first-order valence-corrected chi connectivity index (χ1v) is 8.27. The Morgan fingerprint density at radius 1 is 1.21 bits per heavy atom. The van der Waals surface area contributed by atoms with E-state index in [4.69, 9.17) is 0 Å². The van der Waals surface area contributed by atoms with Crippen LogP contribution in [-0.2, 0) is 4.79 Å². The summed E-state index contributed by atoms with van der Waals surface area (Å²) in [5.41, 5.74) is 0.216. The number of nitrogens with one attached hydrogen (secondary N) is 1. The molecule has 128 valence electrons. The molecule has 5 heteroatoms. The standard InChI is InChI=1S/C19H24N2O3/c1-19(2,24)11-9-15-5-7-16(8-6-15)18(23)20-12-10-17(22)21-13-3-4-14-21/h5-8,24H,3-4,10,12-14H2,1-2H3,(H,20,23). The number of rotatable bonds is 4. The van der Waals surface area contributed by atoms with Crippen molar-refractivity contribution in [2.75, 3.05) is 19.6 Å². The largest absolute Gasteiger partial charge is 0.378 e. The second-order valence-electron chi connectivity index (χ2n) is 6.48. The van der Waals surface area contributed by atoms with E-state index in [9.17, 15) is 14.7 Å². The van der Waals surface area contributed by atoms with Crippen molar-refractivity contribution in [3.8, 4) is 11.8 Å². The number of amides is 2. The second kappa shape index (κ2) is 7.98. The van der Waals surface area contributed by atoms with Crippen LogP contribution in [0.2, 0.25) is 0 Å². The van der Waals surface area contributed by atoms with Crippen LogP contribution in [0.1, 0.15) is 49.0 Å². The van der Waals surface area contributed by atoms with E-state index < -0.39 is 5.60 Å². The molecule has 1 aliphatic rings. The Hall–Kier alpha value is -2.32. The SMILES string of the molecule is CC(C)(O)C#Cc1ccc(C(=O)NCCC(=O)N2CCCC2)cc1. The number of hydrogen-bond acceptors (Lipinski definition) is 3. The van der Waals surface area contributed by atoms with Gasteiger partial charge in [-0.1, -0.05) is 11.8 Å². The van der Waals surface area contributed by atoms with Gasteiger partial charge in [0.25, 0.3) is 5.91 Å². The van der Waals surface area contributed by atoms with Crippen molar-refractivity contribution in [3.05, 3.63) is 35.4 Å². The molecular weight excluding hydrogens is 304 g/mol. The van der Waals surface area contributed by atoms with Crippen LogP contribution in [0.3, 0.4) is 0 Å². The van der Waals surface area contributed by atoms with Crippen molar-refractivity contribution >= 4 is 11.8 Å².